The van der Waals surface area contributed by atoms with Gasteiger partial charge in [-0.15, -0.1) is 0 Å². The molecule has 3 aromatic rings. The predicted octanol–water partition coefficient (Wildman–Crippen LogP) is 6.09. The van der Waals surface area contributed by atoms with Crippen LogP contribution >= 0.6 is 0 Å². The molecule has 0 fully saturated rings. The molecule has 1 heterocycles. The van der Waals surface area contributed by atoms with Crippen LogP contribution in [0.2, 0.25) is 0 Å². The van der Waals surface area contributed by atoms with E-state index in [2.05, 4.69) is 28.9 Å². The minimum atomic E-state index is -0.294. The van der Waals surface area contributed by atoms with E-state index < -0.39 is 0 Å². The van der Waals surface area contributed by atoms with Crippen molar-refractivity contribution in [3.63, 3.8) is 0 Å². The van der Waals surface area contributed by atoms with Crippen molar-refractivity contribution in [1.82, 2.24) is 0 Å². The summed E-state index contributed by atoms with van der Waals surface area (Å²) in [6.07, 6.45) is 4.16. The van der Waals surface area contributed by atoms with Crippen molar-refractivity contribution >= 4 is 29.1 Å². The first-order valence-corrected chi connectivity index (χ1v) is 9.85. The first-order chi connectivity index (χ1) is 14.5. The van der Waals surface area contributed by atoms with Gasteiger partial charge in [-0.3, -0.25) is 0 Å². The van der Waals surface area contributed by atoms with Crippen LogP contribution in [0, 0.1) is 0 Å². The number of benzene rings is 3. The molecule has 0 aliphatic carbocycles. The Morgan fingerprint density at radius 3 is 2.37 bits per heavy atom. The average molecular weight is 399 g/mol. The third-order valence-corrected chi connectivity index (χ3v) is 4.66. The maximum absolute atomic E-state index is 6.02. The molecule has 0 saturated heterocycles. The molecule has 0 saturated carbocycles. The molecule has 1 aliphatic rings. The molecule has 5 heteroatoms. The van der Waals surface area contributed by atoms with Crippen molar-refractivity contribution < 1.29 is 9.47 Å². The van der Waals surface area contributed by atoms with Crippen molar-refractivity contribution in [2.75, 3.05) is 17.7 Å². The predicted molar refractivity (Wildman–Crippen MR) is 124 cm³/mol. The summed E-state index contributed by atoms with van der Waals surface area (Å²) in [5.41, 5.74) is 3.41. The molecule has 0 atom stereocenters. The summed E-state index contributed by atoms with van der Waals surface area (Å²) in [5, 5.41) is 6.75. The lowest BCUT2D eigenvalue weighted by molar-refractivity contribution is 0.159. The molecule has 0 bridgehead atoms. The largest absolute Gasteiger partial charge is 0.497 e. The molecule has 5 nitrogen and oxygen atoms in total. The first-order valence-electron chi connectivity index (χ1n) is 9.85. The van der Waals surface area contributed by atoms with Crippen LogP contribution in [0.3, 0.4) is 0 Å². The smallest absolute Gasteiger partial charge is 0.205 e. The normalized spacial score (nSPS) is 14.4. The maximum atomic E-state index is 6.02. The van der Waals surface area contributed by atoms with E-state index >= 15 is 0 Å². The SMILES string of the molecule is COc1ccc(N=C(Nc2ccccc2)Nc2ccc3c(c2)C=CC(C)(C)O3)cc1. The van der Waals surface area contributed by atoms with E-state index in [-0.39, 0.29) is 5.60 Å². The summed E-state index contributed by atoms with van der Waals surface area (Å²) >= 11 is 0. The van der Waals surface area contributed by atoms with Gasteiger partial charge in [-0.1, -0.05) is 24.3 Å². The Hall–Kier alpha value is -3.73. The molecular formula is C25H25N3O2. The summed E-state index contributed by atoms with van der Waals surface area (Å²) in [7, 11) is 1.65. The second-order valence-corrected chi connectivity index (χ2v) is 7.57. The monoisotopic (exact) mass is 399 g/mol. The number of ether oxygens (including phenoxy) is 2. The molecule has 0 amide bonds. The van der Waals surface area contributed by atoms with E-state index in [0.29, 0.717) is 5.96 Å². The van der Waals surface area contributed by atoms with Crippen molar-refractivity contribution in [2.45, 2.75) is 19.4 Å². The van der Waals surface area contributed by atoms with Gasteiger partial charge < -0.3 is 20.1 Å². The van der Waals surface area contributed by atoms with Crippen molar-refractivity contribution in [2.24, 2.45) is 4.99 Å². The Morgan fingerprint density at radius 2 is 1.63 bits per heavy atom. The number of fused-ring (bicyclic) bond motifs is 1. The highest BCUT2D eigenvalue weighted by molar-refractivity contribution is 6.05. The highest BCUT2D eigenvalue weighted by atomic mass is 16.5. The van der Waals surface area contributed by atoms with Crippen LogP contribution in [0.1, 0.15) is 19.4 Å². The number of nitrogens with one attached hydrogen (secondary N) is 2. The molecule has 0 unspecified atom stereocenters. The second kappa shape index (κ2) is 8.33. The first kappa shape index (κ1) is 19.6. The van der Waals surface area contributed by atoms with Crippen LogP contribution in [0.4, 0.5) is 17.1 Å². The Labute approximate surface area is 177 Å². The molecule has 30 heavy (non-hydrogen) atoms. The number of methoxy groups -OCH3 is 1. The third-order valence-electron chi connectivity index (χ3n) is 4.66. The quantitative estimate of drug-likeness (QED) is 0.412. The molecule has 0 aromatic heterocycles. The number of para-hydroxylation sites is 1. The van der Waals surface area contributed by atoms with E-state index in [1.54, 1.807) is 7.11 Å². The second-order valence-electron chi connectivity index (χ2n) is 7.57. The zero-order valence-corrected chi connectivity index (χ0v) is 17.3. The van der Waals surface area contributed by atoms with Gasteiger partial charge in [0.2, 0.25) is 5.96 Å². The van der Waals surface area contributed by atoms with Gasteiger partial charge in [0.25, 0.3) is 0 Å². The lowest BCUT2D eigenvalue weighted by atomic mass is 10.0. The molecule has 2 N–H and O–H groups in total. The summed E-state index contributed by atoms with van der Waals surface area (Å²) in [4.78, 5) is 4.75. The van der Waals surface area contributed by atoms with Gasteiger partial charge in [0.05, 0.1) is 12.8 Å². The van der Waals surface area contributed by atoms with Crippen LogP contribution in [-0.4, -0.2) is 18.7 Å². The van der Waals surface area contributed by atoms with Gasteiger partial charge in [-0.05, 0) is 74.5 Å². The Balaban J connectivity index is 1.62. The number of anilines is 2. The van der Waals surface area contributed by atoms with Crippen molar-refractivity contribution in [3.8, 4) is 11.5 Å². The minimum absolute atomic E-state index is 0.294. The van der Waals surface area contributed by atoms with Crippen LogP contribution < -0.4 is 20.1 Å². The summed E-state index contributed by atoms with van der Waals surface area (Å²) < 4.78 is 11.3. The van der Waals surface area contributed by atoms with Crippen molar-refractivity contribution in [3.05, 3.63) is 84.4 Å². The van der Waals surface area contributed by atoms with Crippen LogP contribution in [0.25, 0.3) is 6.08 Å². The van der Waals surface area contributed by atoms with E-state index in [4.69, 9.17) is 14.5 Å². The number of guanidine groups is 1. The minimum Gasteiger partial charge on any atom is -0.497 e. The molecule has 1 aliphatic heterocycles. The molecule has 3 aromatic carbocycles. The third kappa shape index (κ3) is 4.81. The number of rotatable bonds is 4. The fraction of sp³-hybridized carbons (Fsp3) is 0.160. The highest BCUT2D eigenvalue weighted by Crippen LogP contribution is 2.32. The molecule has 0 spiro atoms. The Kier molecular flexibility index (Phi) is 5.44. The highest BCUT2D eigenvalue weighted by Gasteiger charge is 2.21. The van der Waals surface area contributed by atoms with Gasteiger partial charge in [0.1, 0.15) is 17.1 Å². The fourth-order valence-electron chi connectivity index (χ4n) is 3.13. The van der Waals surface area contributed by atoms with Crippen LogP contribution in [-0.2, 0) is 0 Å². The molecule has 4 rings (SSSR count). The van der Waals surface area contributed by atoms with E-state index in [9.17, 15) is 0 Å². The Morgan fingerprint density at radius 1 is 0.900 bits per heavy atom. The zero-order valence-electron chi connectivity index (χ0n) is 17.3. The molecule has 0 radical (unpaired) electrons. The summed E-state index contributed by atoms with van der Waals surface area (Å²) in [6, 6.07) is 23.6. The van der Waals surface area contributed by atoms with E-state index in [1.807, 2.05) is 80.6 Å². The number of hydrogen-bond donors (Lipinski definition) is 2. The summed E-state index contributed by atoms with van der Waals surface area (Å²) in [6.45, 7) is 4.09. The Bertz CT molecular complexity index is 1070. The fourth-order valence-corrected chi connectivity index (χ4v) is 3.13. The topological polar surface area (TPSA) is 54.9 Å². The average Bonchev–Trinajstić information content (AvgIpc) is 2.75. The maximum Gasteiger partial charge on any atom is 0.205 e. The molecule has 152 valence electrons. The van der Waals surface area contributed by atoms with Gasteiger partial charge in [0.15, 0.2) is 0 Å². The van der Waals surface area contributed by atoms with Crippen molar-refractivity contribution in [1.29, 1.82) is 0 Å². The standard InChI is InChI=1S/C25H25N3O2/c1-25(2)16-15-18-17-21(11-14-23(18)30-25)28-24(26-19-7-5-4-6-8-19)27-20-9-12-22(29-3)13-10-20/h4-17H,1-3H3,(H2,26,27,28). The van der Waals surface area contributed by atoms with Crippen LogP contribution in [0.5, 0.6) is 11.5 Å². The lowest BCUT2D eigenvalue weighted by Crippen LogP contribution is -2.27. The van der Waals surface area contributed by atoms with E-state index in [0.717, 1.165) is 34.1 Å². The number of hydrogen-bond acceptors (Lipinski definition) is 3. The van der Waals surface area contributed by atoms with Crippen LogP contribution in [0.15, 0.2) is 83.9 Å². The van der Waals surface area contributed by atoms with Gasteiger partial charge in [-0.25, -0.2) is 4.99 Å². The van der Waals surface area contributed by atoms with Gasteiger partial charge in [0, 0.05) is 16.9 Å². The number of aliphatic imine (C=N–C) groups is 1. The summed E-state index contributed by atoms with van der Waals surface area (Å²) in [5.74, 6) is 2.29. The van der Waals surface area contributed by atoms with Gasteiger partial charge in [-0.2, -0.15) is 0 Å². The zero-order chi connectivity index (χ0) is 21.0. The van der Waals surface area contributed by atoms with E-state index in [1.165, 1.54) is 0 Å². The van der Waals surface area contributed by atoms with Gasteiger partial charge >= 0.3 is 0 Å². The number of nitrogens with zero attached hydrogens (tertiary/aromatic N) is 1. The molecular weight excluding hydrogens is 374 g/mol. The lowest BCUT2D eigenvalue weighted by Gasteiger charge is -2.28.